The number of sulfonamides is 1. The number of aryl methyl sites for hydroxylation is 2. The minimum absolute atomic E-state index is 0.154. The zero-order valence-corrected chi connectivity index (χ0v) is 17.1. The minimum Gasteiger partial charge on any atom is -0.350 e. The number of carbonyl (C=O) groups is 1. The van der Waals surface area contributed by atoms with Crippen LogP contribution in [0.1, 0.15) is 24.2 Å². The molecular formula is C16H23ClN6O3S. The Hall–Kier alpha value is -1.91. The molecule has 0 radical (unpaired) electrons. The van der Waals surface area contributed by atoms with Crippen molar-refractivity contribution in [2.45, 2.75) is 31.2 Å². The zero-order valence-electron chi connectivity index (χ0n) is 15.5. The van der Waals surface area contributed by atoms with Crippen LogP contribution in [-0.2, 0) is 35.5 Å². The van der Waals surface area contributed by atoms with Crippen LogP contribution in [0, 0.1) is 12.8 Å². The van der Waals surface area contributed by atoms with E-state index in [1.54, 1.807) is 25.7 Å². The van der Waals surface area contributed by atoms with E-state index < -0.39 is 15.9 Å². The first-order valence-corrected chi connectivity index (χ1v) is 10.5. The van der Waals surface area contributed by atoms with Gasteiger partial charge in [0.15, 0.2) is 0 Å². The Morgan fingerprint density at radius 1 is 1.30 bits per heavy atom. The van der Waals surface area contributed by atoms with E-state index in [2.05, 4.69) is 15.5 Å². The number of aromatic nitrogens is 4. The summed E-state index contributed by atoms with van der Waals surface area (Å²) < 4.78 is 30.4. The van der Waals surface area contributed by atoms with E-state index in [1.165, 1.54) is 21.4 Å². The molecule has 0 aromatic carbocycles. The molecule has 3 rings (SSSR count). The molecule has 0 aliphatic carbocycles. The van der Waals surface area contributed by atoms with Crippen molar-refractivity contribution in [3.63, 3.8) is 0 Å². The number of amides is 1. The zero-order chi connectivity index (χ0) is 19.8. The van der Waals surface area contributed by atoms with Crippen LogP contribution in [-0.4, -0.2) is 51.3 Å². The van der Waals surface area contributed by atoms with Crippen molar-refractivity contribution >= 4 is 27.5 Å². The first-order valence-electron chi connectivity index (χ1n) is 8.64. The van der Waals surface area contributed by atoms with Gasteiger partial charge in [-0.25, -0.2) is 8.42 Å². The average molecular weight is 415 g/mol. The van der Waals surface area contributed by atoms with Crippen molar-refractivity contribution in [1.29, 1.82) is 0 Å². The summed E-state index contributed by atoms with van der Waals surface area (Å²) in [6.07, 6.45) is 4.15. The Kier molecular flexibility index (Phi) is 5.59. The summed E-state index contributed by atoms with van der Waals surface area (Å²) in [5.74, 6) is -0.590. The van der Waals surface area contributed by atoms with Gasteiger partial charge in [0.2, 0.25) is 15.9 Å². The Balaban J connectivity index is 1.68. The molecule has 0 unspecified atom stereocenters. The van der Waals surface area contributed by atoms with Crippen LogP contribution in [0.2, 0.25) is 5.02 Å². The van der Waals surface area contributed by atoms with Crippen molar-refractivity contribution in [3.8, 4) is 0 Å². The molecule has 1 fully saturated rings. The van der Waals surface area contributed by atoms with Crippen LogP contribution in [0.4, 0.5) is 0 Å². The Morgan fingerprint density at radius 2 is 2.00 bits per heavy atom. The maximum absolute atomic E-state index is 12.9. The third-order valence-electron chi connectivity index (χ3n) is 5.00. The fourth-order valence-corrected chi connectivity index (χ4v) is 5.14. The number of hydrogen-bond donors (Lipinski definition) is 1. The molecule has 3 heterocycles. The Bertz CT molecular complexity index is 932. The molecule has 2 aromatic rings. The third-order valence-corrected chi connectivity index (χ3v) is 7.29. The predicted molar refractivity (Wildman–Crippen MR) is 99.5 cm³/mol. The highest BCUT2D eigenvalue weighted by molar-refractivity contribution is 7.89. The summed E-state index contributed by atoms with van der Waals surface area (Å²) in [4.78, 5) is 12.8. The first kappa shape index (κ1) is 19.8. The highest BCUT2D eigenvalue weighted by Gasteiger charge is 2.35. The number of halogens is 1. The molecule has 9 nitrogen and oxygen atoms in total. The van der Waals surface area contributed by atoms with Crippen molar-refractivity contribution in [3.05, 3.63) is 28.8 Å². The molecule has 1 aliphatic rings. The third kappa shape index (κ3) is 3.87. The smallest absolute Gasteiger partial charge is 0.246 e. The van der Waals surface area contributed by atoms with Crippen LogP contribution in [0.15, 0.2) is 17.3 Å². The standard InChI is InChI=1S/C16H23ClN6O3S/c1-11-15(9-20-21(11)2)27(25,26)23-6-4-5-12(10-23)16(24)18-8-14-13(17)7-19-22(14)3/h7,9,12H,4-6,8,10H2,1-3H3,(H,18,24)/t12-/m0/s1. The van der Waals surface area contributed by atoms with E-state index in [0.717, 1.165) is 0 Å². The number of rotatable bonds is 5. The van der Waals surface area contributed by atoms with Gasteiger partial charge in [-0.05, 0) is 19.8 Å². The van der Waals surface area contributed by atoms with Gasteiger partial charge in [0.1, 0.15) is 4.90 Å². The second kappa shape index (κ2) is 7.61. The summed E-state index contributed by atoms with van der Waals surface area (Å²) in [5.41, 5.74) is 1.28. The molecule has 148 valence electrons. The van der Waals surface area contributed by atoms with Crippen molar-refractivity contribution in [1.82, 2.24) is 29.2 Å². The second-order valence-electron chi connectivity index (χ2n) is 6.70. The molecule has 1 aliphatic heterocycles. The summed E-state index contributed by atoms with van der Waals surface area (Å²) >= 11 is 6.05. The van der Waals surface area contributed by atoms with Gasteiger partial charge in [-0.1, -0.05) is 11.6 Å². The lowest BCUT2D eigenvalue weighted by Crippen LogP contribution is -2.45. The second-order valence-corrected chi connectivity index (χ2v) is 9.01. The van der Waals surface area contributed by atoms with Crippen molar-refractivity contribution in [2.75, 3.05) is 13.1 Å². The van der Waals surface area contributed by atoms with Crippen LogP contribution in [0.25, 0.3) is 0 Å². The number of nitrogens with zero attached hydrogens (tertiary/aromatic N) is 5. The van der Waals surface area contributed by atoms with Crippen LogP contribution >= 0.6 is 11.6 Å². The highest BCUT2D eigenvalue weighted by Crippen LogP contribution is 2.25. The quantitative estimate of drug-likeness (QED) is 0.780. The SMILES string of the molecule is Cc1c(S(=O)(=O)N2CCC[C@H](C(=O)NCc3c(Cl)cnn3C)C2)cnn1C. The normalized spacial score (nSPS) is 18.6. The first-order chi connectivity index (χ1) is 12.7. The van der Waals surface area contributed by atoms with Gasteiger partial charge in [-0.2, -0.15) is 14.5 Å². The molecule has 11 heteroatoms. The van der Waals surface area contributed by atoms with Gasteiger partial charge in [0.05, 0.1) is 41.3 Å². The van der Waals surface area contributed by atoms with Crippen LogP contribution in [0.3, 0.4) is 0 Å². The topological polar surface area (TPSA) is 102 Å². The van der Waals surface area contributed by atoms with Gasteiger partial charge in [-0.15, -0.1) is 0 Å². The van der Waals surface area contributed by atoms with Gasteiger partial charge < -0.3 is 5.32 Å². The Labute approximate surface area is 163 Å². The van der Waals surface area contributed by atoms with E-state index >= 15 is 0 Å². The highest BCUT2D eigenvalue weighted by atomic mass is 35.5. The molecule has 1 amide bonds. The Morgan fingerprint density at radius 3 is 2.59 bits per heavy atom. The van der Waals surface area contributed by atoms with Gasteiger partial charge >= 0.3 is 0 Å². The maximum atomic E-state index is 12.9. The fraction of sp³-hybridized carbons (Fsp3) is 0.562. The molecule has 1 atom stereocenters. The van der Waals surface area contributed by atoms with Crippen molar-refractivity contribution in [2.24, 2.45) is 20.0 Å². The lowest BCUT2D eigenvalue weighted by molar-refractivity contribution is -0.126. The van der Waals surface area contributed by atoms with E-state index in [0.29, 0.717) is 35.8 Å². The van der Waals surface area contributed by atoms with Gasteiger partial charge in [0, 0.05) is 27.2 Å². The van der Waals surface area contributed by atoms with E-state index in [1.807, 2.05) is 0 Å². The van der Waals surface area contributed by atoms with Gasteiger partial charge in [0.25, 0.3) is 0 Å². The van der Waals surface area contributed by atoms with Crippen molar-refractivity contribution < 1.29 is 13.2 Å². The molecule has 0 saturated carbocycles. The molecule has 0 bridgehead atoms. The average Bonchev–Trinajstić information content (AvgIpc) is 3.15. The number of hydrogen-bond acceptors (Lipinski definition) is 5. The molecule has 27 heavy (non-hydrogen) atoms. The number of piperidine rings is 1. The summed E-state index contributed by atoms with van der Waals surface area (Å²) in [6, 6.07) is 0. The van der Waals surface area contributed by atoms with Crippen LogP contribution in [0.5, 0.6) is 0 Å². The molecule has 1 N–H and O–H groups in total. The van der Waals surface area contributed by atoms with Gasteiger partial charge in [-0.3, -0.25) is 14.2 Å². The maximum Gasteiger partial charge on any atom is 0.246 e. The fourth-order valence-electron chi connectivity index (χ4n) is 3.20. The van der Waals surface area contributed by atoms with E-state index in [9.17, 15) is 13.2 Å². The molecule has 1 saturated heterocycles. The van der Waals surface area contributed by atoms with Crippen LogP contribution < -0.4 is 5.32 Å². The predicted octanol–water partition coefficient (Wildman–Crippen LogP) is 0.833. The molecule has 0 spiro atoms. The molecule has 2 aromatic heterocycles. The number of nitrogens with one attached hydrogen (secondary N) is 1. The summed E-state index contributed by atoms with van der Waals surface area (Å²) in [6.45, 7) is 2.51. The minimum atomic E-state index is -3.68. The van der Waals surface area contributed by atoms with E-state index in [4.69, 9.17) is 11.6 Å². The summed E-state index contributed by atoms with van der Waals surface area (Å²) in [7, 11) is -0.228. The molecular weight excluding hydrogens is 392 g/mol. The van der Waals surface area contributed by atoms with E-state index in [-0.39, 0.29) is 23.9 Å². The lowest BCUT2D eigenvalue weighted by atomic mass is 9.99. The largest absolute Gasteiger partial charge is 0.350 e. The monoisotopic (exact) mass is 414 g/mol. The lowest BCUT2D eigenvalue weighted by Gasteiger charge is -2.31. The number of carbonyl (C=O) groups excluding carboxylic acids is 1. The summed E-state index contributed by atoms with van der Waals surface area (Å²) in [5, 5.41) is 11.4.